The fourth-order valence-electron chi connectivity index (χ4n) is 4.17. The molecule has 0 saturated carbocycles. The minimum absolute atomic E-state index is 0.0480. The van der Waals surface area contributed by atoms with Gasteiger partial charge in [0, 0.05) is 36.4 Å². The number of benzene rings is 1. The molecule has 182 valence electrons. The van der Waals surface area contributed by atoms with Crippen molar-refractivity contribution >= 4 is 23.6 Å². The van der Waals surface area contributed by atoms with Crippen molar-refractivity contribution in [2.45, 2.75) is 53.2 Å². The Labute approximate surface area is 204 Å². The molecule has 35 heavy (non-hydrogen) atoms. The monoisotopic (exact) mass is 474 g/mol. The van der Waals surface area contributed by atoms with E-state index in [9.17, 15) is 14.4 Å². The molecule has 0 aliphatic carbocycles. The van der Waals surface area contributed by atoms with Gasteiger partial charge in [0.15, 0.2) is 5.78 Å². The molecule has 3 heterocycles. The Bertz CT molecular complexity index is 1290. The number of rotatable bonds is 4. The van der Waals surface area contributed by atoms with Crippen molar-refractivity contribution in [3.05, 3.63) is 70.5 Å². The standard InChI is InChI=1S/C27H30N4O4/c1-16-6-8-18(9-7-16)12-20-24-21(14-31(15-22(24)33)26(34)35-27(3,4)5)30-25(20)19-10-11-28-23(13-19)29-17(2)32/h6-11,13,30H,12,14-15H2,1-5H3,(H,28,29,32). The third-order valence-electron chi connectivity index (χ3n) is 5.65. The molecule has 0 radical (unpaired) electrons. The second kappa shape index (κ2) is 9.37. The van der Waals surface area contributed by atoms with E-state index < -0.39 is 11.7 Å². The highest BCUT2D eigenvalue weighted by Crippen LogP contribution is 2.34. The largest absolute Gasteiger partial charge is 0.444 e. The second-order valence-electron chi connectivity index (χ2n) is 9.87. The van der Waals surface area contributed by atoms with Gasteiger partial charge in [0.25, 0.3) is 0 Å². The minimum atomic E-state index is -0.658. The topological polar surface area (TPSA) is 104 Å². The van der Waals surface area contributed by atoms with Gasteiger partial charge in [-0.05, 0) is 51.0 Å². The zero-order chi connectivity index (χ0) is 25.3. The van der Waals surface area contributed by atoms with E-state index in [2.05, 4.69) is 15.3 Å². The third kappa shape index (κ3) is 5.59. The molecule has 2 amide bonds. The van der Waals surface area contributed by atoms with E-state index in [0.717, 1.165) is 27.9 Å². The Morgan fingerprint density at radius 2 is 1.86 bits per heavy atom. The lowest BCUT2D eigenvalue weighted by molar-refractivity contribution is -0.114. The third-order valence-corrected chi connectivity index (χ3v) is 5.65. The Morgan fingerprint density at radius 1 is 1.14 bits per heavy atom. The lowest BCUT2D eigenvalue weighted by Gasteiger charge is -2.29. The molecule has 0 saturated heterocycles. The van der Waals surface area contributed by atoms with Crippen LogP contribution in [0.3, 0.4) is 0 Å². The molecule has 0 fully saturated rings. The van der Waals surface area contributed by atoms with E-state index in [4.69, 9.17) is 4.74 Å². The number of aromatic amines is 1. The summed E-state index contributed by atoms with van der Waals surface area (Å²) >= 11 is 0. The Balaban J connectivity index is 1.77. The molecule has 2 aromatic heterocycles. The summed E-state index contributed by atoms with van der Waals surface area (Å²) in [6.07, 6.45) is 1.63. The Kier molecular flexibility index (Phi) is 6.47. The highest BCUT2D eigenvalue weighted by molar-refractivity contribution is 6.04. The predicted molar refractivity (Wildman–Crippen MR) is 133 cm³/mol. The van der Waals surface area contributed by atoms with Crippen LogP contribution < -0.4 is 5.32 Å². The van der Waals surface area contributed by atoms with E-state index >= 15 is 0 Å². The number of Topliss-reactive ketones (excluding diaryl/α,β-unsaturated/α-hetero) is 1. The number of ketones is 1. The highest BCUT2D eigenvalue weighted by atomic mass is 16.6. The van der Waals surface area contributed by atoms with Crippen LogP contribution in [0.4, 0.5) is 10.6 Å². The number of pyridine rings is 1. The van der Waals surface area contributed by atoms with Crippen molar-refractivity contribution in [3.63, 3.8) is 0 Å². The molecule has 0 atom stereocenters. The number of H-pyrrole nitrogens is 1. The van der Waals surface area contributed by atoms with Gasteiger partial charge in [-0.15, -0.1) is 0 Å². The summed E-state index contributed by atoms with van der Waals surface area (Å²) < 4.78 is 5.49. The minimum Gasteiger partial charge on any atom is -0.444 e. The number of aryl methyl sites for hydroxylation is 1. The first-order valence-electron chi connectivity index (χ1n) is 11.5. The number of amides is 2. The van der Waals surface area contributed by atoms with Crippen molar-refractivity contribution in [2.75, 3.05) is 11.9 Å². The van der Waals surface area contributed by atoms with Crippen LogP contribution in [-0.2, 0) is 22.5 Å². The van der Waals surface area contributed by atoms with Crippen LogP contribution in [0, 0.1) is 6.92 Å². The van der Waals surface area contributed by atoms with Crippen LogP contribution in [0.15, 0.2) is 42.6 Å². The molecule has 0 unspecified atom stereocenters. The van der Waals surface area contributed by atoms with Crippen LogP contribution in [0.5, 0.6) is 0 Å². The van der Waals surface area contributed by atoms with Gasteiger partial charge in [0.1, 0.15) is 11.4 Å². The summed E-state index contributed by atoms with van der Waals surface area (Å²) in [4.78, 5) is 46.6. The fourth-order valence-corrected chi connectivity index (χ4v) is 4.17. The molecule has 3 aromatic rings. The van der Waals surface area contributed by atoms with E-state index in [1.807, 2.05) is 37.3 Å². The first-order valence-corrected chi connectivity index (χ1v) is 11.5. The van der Waals surface area contributed by atoms with Crippen molar-refractivity contribution in [3.8, 4) is 11.3 Å². The first-order chi connectivity index (χ1) is 16.5. The average molecular weight is 475 g/mol. The number of carbonyl (C=O) groups excluding carboxylic acids is 3. The van der Waals surface area contributed by atoms with Crippen molar-refractivity contribution in [2.24, 2.45) is 0 Å². The molecule has 1 aliphatic heterocycles. The number of aromatic nitrogens is 2. The quantitative estimate of drug-likeness (QED) is 0.562. The first kappa shape index (κ1) is 24.2. The number of anilines is 1. The molecule has 8 heteroatoms. The Hall–Kier alpha value is -3.94. The second-order valence-corrected chi connectivity index (χ2v) is 9.87. The zero-order valence-corrected chi connectivity index (χ0v) is 20.7. The van der Waals surface area contributed by atoms with Crippen LogP contribution in [0.1, 0.15) is 60.4 Å². The molecule has 8 nitrogen and oxygen atoms in total. The number of ether oxygens (including phenoxy) is 1. The molecular weight excluding hydrogens is 444 g/mol. The maximum Gasteiger partial charge on any atom is 0.411 e. The van der Waals surface area contributed by atoms with Gasteiger partial charge in [-0.3, -0.25) is 14.5 Å². The molecule has 2 N–H and O–H groups in total. The molecule has 1 aliphatic rings. The number of fused-ring (bicyclic) bond motifs is 1. The SMILES string of the molecule is CC(=O)Nc1cc(-c2[nH]c3c(c2Cc2ccc(C)cc2)C(=O)CN(C(=O)OC(C)(C)C)C3)ccn1. The number of carbonyl (C=O) groups is 3. The molecule has 1 aromatic carbocycles. The van der Waals surface area contributed by atoms with Gasteiger partial charge in [-0.2, -0.15) is 0 Å². The summed E-state index contributed by atoms with van der Waals surface area (Å²) in [6, 6.07) is 11.8. The molecular formula is C27H30N4O4. The summed E-state index contributed by atoms with van der Waals surface area (Å²) in [7, 11) is 0. The van der Waals surface area contributed by atoms with Gasteiger partial charge in [-0.1, -0.05) is 29.8 Å². The number of hydrogen-bond acceptors (Lipinski definition) is 5. The van der Waals surface area contributed by atoms with Crippen molar-refractivity contribution in [1.29, 1.82) is 0 Å². The zero-order valence-electron chi connectivity index (χ0n) is 20.7. The summed E-state index contributed by atoms with van der Waals surface area (Å²) in [6.45, 7) is 9.03. The van der Waals surface area contributed by atoms with Crippen LogP contribution >= 0.6 is 0 Å². The van der Waals surface area contributed by atoms with Crippen LogP contribution in [-0.4, -0.2) is 44.8 Å². The number of nitrogens with one attached hydrogen (secondary N) is 2. The van der Waals surface area contributed by atoms with Gasteiger partial charge in [0.05, 0.1) is 18.8 Å². The maximum atomic E-state index is 13.3. The van der Waals surface area contributed by atoms with Crippen molar-refractivity contribution < 1.29 is 19.1 Å². The van der Waals surface area contributed by atoms with Gasteiger partial charge >= 0.3 is 6.09 Å². The Morgan fingerprint density at radius 3 is 2.51 bits per heavy atom. The lowest BCUT2D eigenvalue weighted by Crippen LogP contribution is -2.42. The molecule has 0 spiro atoms. The molecule has 4 rings (SSSR count). The van der Waals surface area contributed by atoms with Crippen molar-refractivity contribution in [1.82, 2.24) is 14.9 Å². The van der Waals surface area contributed by atoms with Gasteiger partial charge < -0.3 is 15.0 Å². The fraction of sp³-hybridized carbons (Fsp3) is 0.333. The van der Waals surface area contributed by atoms with Crippen LogP contribution in [0.25, 0.3) is 11.3 Å². The summed E-state index contributed by atoms with van der Waals surface area (Å²) in [5.74, 6) is 0.0620. The normalized spacial score (nSPS) is 13.4. The van der Waals surface area contributed by atoms with Gasteiger partial charge in [0.2, 0.25) is 5.91 Å². The molecule has 0 bridgehead atoms. The van der Waals surface area contributed by atoms with Crippen LogP contribution in [0.2, 0.25) is 0 Å². The van der Waals surface area contributed by atoms with E-state index in [1.54, 1.807) is 33.0 Å². The smallest absolute Gasteiger partial charge is 0.411 e. The lowest BCUT2D eigenvalue weighted by atomic mass is 9.93. The maximum absolute atomic E-state index is 13.3. The summed E-state index contributed by atoms with van der Waals surface area (Å²) in [5.41, 5.74) is 5.26. The van der Waals surface area contributed by atoms with Gasteiger partial charge in [-0.25, -0.2) is 9.78 Å². The average Bonchev–Trinajstić information content (AvgIpc) is 3.12. The van der Waals surface area contributed by atoms with E-state index in [0.29, 0.717) is 23.5 Å². The number of hydrogen-bond donors (Lipinski definition) is 2. The summed E-state index contributed by atoms with van der Waals surface area (Å²) in [5, 5.41) is 2.70. The van der Waals surface area contributed by atoms with E-state index in [-0.39, 0.29) is 24.8 Å². The predicted octanol–water partition coefficient (Wildman–Crippen LogP) is 4.87. The highest BCUT2D eigenvalue weighted by Gasteiger charge is 2.34. The van der Waals surface area contributed by atoms with E-state index in [1.165, 1.54) is 11.8 Å². The number of nitrogens with zero attached hydrogens (tertiary/aromatic N) is 2.